The van der Waals surface area contributed by atoms with E-state index in [4.69, 9.17) is 5.73 Å². The van der Waals surface area contributed by atoms with Crippen LogP contribution in [-0.2, 0) is 4.79 Å². The SMILES string of the molecule is NC1CC(=O)N(c2ccccc2N2CCCCC2)C1. The average Bonchev–Trinajstić information content (AvgIpc) is 2.79. The first-order valence-corrected chi connectivity index (χ1v) is 7.15. The third kappa shape index (κ3) is 2.45. The minimum Gasteiger partial charge on any atom is -0.370 e. The number of piperidine rings is 1. The summed E-state index contributed by atoms with van der Waals surface area (Å²) in [6, 6.07) is 8.19. The Hall–Kier alpha value is -1.55. The number of amides is 1. The molecule has 4 nitrogen and oxygen atoms in total. The van der Waals surface area contributed by atoms with Gasteiger partial charge in [0.2, 0.25) is 5.91 Å². The summed E-state index contributed by atoms with van der Waals surface area (Å²) >= 11 is 0. The third-order valence-electron chi connectivity index (χ3n) is 4.02. The Balaban J connectivity index is 1.90. The molecule has 2 heterocycles. The molecule has 0 aliphatic carbocycles. The van der Waals surface area contributed by atoms with E-state index in [0.717, 1.165) is 18.8 Å². The van der Waals surface area contributed by atoms with E-state index in [9.17, 15) is 4.79 Å². The molecule has 102 valence electrons. The lowest BCUT2D eigenvalue weighted by Gasteiger charge is -2.32. The number of carbonyl (C=O) groups is 1. The fourth-order valence-electron chi connectivity index (χ4n) is 3.06. The van der Waals surface area contributed by atoms with Gasteiger partial charge in [-0.25, -0.2) is 0 Å². The highest BCUT2D eigenvalue weighted by atomic mass is 16.2. The summed E-state index contributed by atoms with van der Waals surface area (Å²) in [5.74, 6) is 0.150. The Bertz CT molecular complexity index is 468. The second-order valence-electron chi connectivity index (χ2n) is 5.50. The second kappa shape index (κ2) is 5.21. The largest absolute Gasteiger partial charge is 0.370 e. The molecule has 19 heavy (non-hydrogen) atoms. The zero-order valence-corrected chi connectivity index (χ0v) is 11.2. The zero-order chi connectivity index (χ0) is 13.2. The first-order valence-electron chi connectivity index (χ1n) is 7.15. The summed E-state index contributed by atoms with van der Waals surface area (Å²) in [6.45, 7) is 2.82. The van der Waals surface area contributed by atoms with Gasteiger partial charge in [-0.05, 0) is 31.4 Å². The molecule has 2 fully saturated rings. The molecular weight excluding hydrogens is 238 g/mol. The maximum absolute atomic E-state index is 12.0. The summed E-state index contributed by atoms with van der Waals surface area (Å²) in [5, 5.41) is 0. The molecular formula is C15H21N3O. The van der Waals surface area contributed by atoms with Crippen molar-refractivity contribution >= 4 is 17.3 Å². The molecule has 1 unspecified atom stereocenters. The quantitative estimate of drug-likeness (QED) is 0.880. The predicted octanol–water partition coefficient (Wildman–Crippen LogP) is 1.74. The van der Waals surface area contributed by atoms with Crippen molar-refractivity contribution in [3.63, 3.8) is 0 Å². The minimum absolute atomic E-state index is 0.0260. The van der Waals surface area contributed by atoms with Gasteiger partial charge in [0.15, 0.2) is 0 Å². The lowest BCUT2D eigenvalue weighted by Crippen LogP contribution is -2.33. The van der Waals surface area contributed by atoms with E-state index in [1.807, 2.05) is 23.1 Å². The summed E-state index contributed by atoms with van der Waals surface area (Å²) in [5.41, 5.74) is 8.12. The zero-order valence-electron chi connectivity index (χ0n) is 11.2. The van der Waals surface area contributed by atoms with Crippen LogP contribution in [0.5, 0.6) is 0 Å². The Morgan fingerprint density at radius 2 is 1.74 bits per heavy atom. The number of para-hydroxylation sites is 2. The molecule has 2 N–H and O–H groups in total. The molecule has 0 radical (unpaired) electrons. The van der Waals surface area contributed by atoms with Gasteiger partial charge in [0.05, 0.1) is 11.4 Å². The smallest absolute Gasteiger partial charge is 0.228 e. The summed E-state index contributed by atoms with van der Waals surface area (Å²) in [4.78, 5) is 16.3. The summed E-state index contributed by atoms with van der Waals surface area (Å²) in [6.07, 6.45) is 4.25. The summed E-state index contributed by atoms with van der Waals surface area (Å²) in [7, 11) is 0. The lowest BCUT2D eigenvalue weighted by atomic mass is 10.1. The first kappa shape index (κ1) is 12.5. The number of carbonyl (C=O) groups excluding carboxylic acids is 1. The van der Waals surface area contributed by atoms with Crippen LogP contribution in [0.2, 0.25) is 0 Å². The van der Waals surface area contributed by atoms with Crippen molar-refractivity contribution in [2.75, 3.05) is 29.4 Å². The van der Waals surface area contributed by atoms with E-state index in [1.165, 1.54) is 24.9 Å². The number of benzene rings is 1. The minimum atomic E-state index is -0.0260. The Kier molecular flexibility index (Phi) is 3.42. The van der Waals surface area contributed by atoms with Crippen molar-refractivity contribution in [1.82, 2.24) is 0 Å². The van der Waals surface area contributed by atoms with Gasteiger partial charge in [0, 0.05) is 32.1 Å². The average molecular weight is 259 g/mol. The Morgan fingerprint density at radius 1 is 1.05 bits per heavy atom. The van der Waals surface area contributed by atoms with Crippen LogP contribution in [0.15, 0.2) is 24.3 Å². The molecule has 1 aromatic rings. The van der Waals surface area contributed by atoms with Crippen molar-refractivity contribution in [3.8, 4) is 0 Å². The number of anilines is 2. The molecule has 0 saturated carbocycles. The fraction of sp³-hybridized carbons (Fsp3) is 0.533. The van der Waals surface area contributed by atoms with Gasteiger partial charge in [-0.3, -0.25) is 4.79 Å². The van der Waals surface area contributed by atoms with Gasteiger partial charge in [0.1, 0.15) is 0 Å². The number of rotatable bonds is 2. The third-order valence-corrected chi connectivity index (χ3v) is 4.02. The Morgan fingerprint density at radius 3 is 2.37 bits per heavy atom. The monoisotopic (exact) mass is 259 g/mol. The van der Waals surface area contributed by atoms with Crippen LogP contribution in [0, 0.1) is 0 Å². The Labute approximate surface area is 114 Å². The van der Waals surface area contributed by atoms with Crippen LogP contribution in [0.3, 0.4) is 0 Å². The molecule has 0 aromatic heterocycles. The molecule has 1 aromatic carbocycles. The van der Waals surface area contributed by atoms with Crippen LogP contribution >= 0.6 is 0 Å². The van der Waals surface area contributed by atoms with Gasteiger partial charge >= 0.3 is 0 Å². The first-order chi connectivity index (χ1) is 9.25. The van der Waals surface area contributed by atoms with Crippen molar-refractivity contribution in [2.24, 2.45) is 5.73 Å². The highest BCUT2D eigenvalue weighted by Gasteiger charge is 2.30. The molecule has 0 bridgehead atoms. The molecule has 2 aliphatic rings. The van der Waals surface area contributed by atoms with E-state index in [-0.39, 0.29) is 11.9 Å². The highest BCUT2D eigenvalue weighted by Crippen LogP contribution is 2.33. The van der Waals surface area contributed by atoms with E-state index in [0.29, 0.717) is 13.0 Å². The maximum Gasteiger partial charge on any atom is 0.228 e. The standard InChI is InChI=1S/C15H21N3O/c16-12-10-15(19)18(11-12)14-7-3-2-6-13(14)17-8-4-1-5-9-17/h2-3,6-7,12H,1,4-5,8-11,16H2. The lowest BCUT2D eigenvalue weighted by molar-refractivity contribution is -0.117. The summed E-state index contributed by atoms with van der Waals surface area (Å²) < 4.78 is 0. The molecule has 2 saturated heterocycles. The van der Waals surface area contributed by atoms with Gasteiger partial charge in [-0.15, -0.1) is 0 Å². The molecule has 1 amide bonds. The van der Waals surface area contributed by atoms with E-state index in [1.54, 1.807) is 0 Å². The van der Waals surface area contributed by atoms with Gasteiger partial charge in [-0.1, -0.05) is 12.1 Å². The van der Waals surface area contributed by atoms with Crippen LogP contribution < -0.4 is 15.5 Å². The van der Waals surface area contributed by atoms with Crippen LogP contribution in [0.4, 0.5) is 11.4 Å². The molecule has 3 rings (SSSR count). The van der Waals surface area contributed by atoms with Gasteiger partial charge in [0.25, 0.3) is 0 Å². The topological polar surface area (TPSA) is 49.6 Å². The predicted molar refractivity (Wildman–Crippen MR) is 77.5 cm³/mol. The molecule has 2 aliphatic heterocycles. The molecule has 0 spiro atoms. The molecule has 4 heteroatoms. The van der Waals surface area contributed by atoms with E-state index >= 15 is 0 Å². The van der Waals surface area contributed by atoms with Crippen LogP contribution in [0.1, 0.15) is 25.7 Å². The fourth-order valence-corrected chi connectivity index (χ4v) is 3.06. The van der Waals surface area contributed by atoms with Crippen molar-refractivity contribution in [2.45, 2.75) is 31.7 Å². The maximum atomic E-state index is 12.0. The molecule has 1 atom stereocenters. The van der Waals surface area contributed by atoms with E-state index in [2.05, 4.69) is 11.0 Å². The van der Waals surface area contributed by atoms with Crippen molar-refractivity contribution in [3.05, 3.63) is 24.3 Å². The second-order valence-corrected chi connectivity index (χ2v) is 5.50. The van der Waals surface area contributed by atoms with Crippen LogP contribution in [-0.4, -0.2) is 31.6 Å². The normalized spacial score (nSPS) is 24.1. The van der Waals surface area contributed by atoms with E-state index < -0.39 is 0 Å². The van der Waals surface area contributed by atoms with Crippen molar-refractivity contribution < 1.29 is 4.79 Å². The van der Waals surface area contributed by atoms with Gasteiger partial charge < -0.3 is 15.5 Å². The number of nitrogens with zero attached hydrogens (tertiary/aromatic N) is 2. The number of hydrogen-bond acceptors (Lipinski definition) is 3. The number of hydrogen-bond donors (Lipinski definition) is 1. The van der Waals surface area contributed by atoms with Gasteiger partial charge in [-0.2, -0.15) is 0 Å². The van der Waals surface area contributed by atoms with Crippen LogP contribution in [0.25, 0.3) is 0 Å². The van der Waals surface area contributed by atoms with Crippen molar-refractivity contribution in [1.29, 1.82) is 0 Å². The highest BCUT2D eigenvalue weighted by molar-refractivity contribution is 5.99. The number of nitrogens with two attached hydrogens (primary N) is 1.